The molecule has 0 saturated heterocycles. The van der Waals surface area contributed by atoms with E-state index in [9.17, 15) is 0 Å². The van der Waals surface area contributed by atoms with Gasteiger partial charge in [-0.2, -0.15) is 5.10 Å². The Hall–Kier alpha value is -3.86. The number of hydrogen-bond acceptors (Lipinski definition) is 4. The van der Waals surface area contributed by atoms with E-state index in [-0.39, 0.29) is 0 Å². The summed E-state index contributed by atoms with van der Waals surface area (Å²) in [6.07, 6.45) is 1.87. The van der Waals surface area contributed by atoms with Gasteiger partial charge in [-0.05, 0) is 48.0 Å². The van der Waals surface area contributed by atoms with E-state index >= 15 is 0 Å². The van der Waals surface area contributed by atoms with Gasteiger partial charge in [0, 0.05) is 10.8 Å². The number of fused-ring (bicyclic) bond motifs is 2. The maximum atomic E-state index is 5.93. The lowest BCUT2D eigenvalue weighted by molar-refractivity contribution is 0.301. The molecular weight excluding hydrogens is 374 g/mol. The van der Waals surface area contributed by atoms with Crippen LogP contribution in [-0.2, 0) is 13.2 Å². The molecule has 0 bridgehead atoms. The third-order valence-corrected chi connectivity index (χ3v) is 5.15. The smallest absolute Gasteiger partial charge is 0.130 e. The Morgan fingerprint density at radius 1 is 0.833 bits per heavy atom. The number of rotatable bonds is 6. The second-order valence-electron chi connectivity index (χ2n) is 7.15. The summed E-state index contributed by atoms with van der Waals surface area (Å²) in [4.78, 5) is 4.65. The summed E-state index contributed by atoms with van der Waals surface area (Å²) >= 11 is 0. The molecule has 0 N–H and O–H groups in total. The van der Waals surface area contributed by atoms with Gasteiger partial charge in [0.25, 0.3) is 0 Å². The standard InChI is InChI=1S/C25H21N3O2/c1-29-23-12-13-25-20(14-23)15-26-28(25)16-18-6-10-22(11-7-18)30-17-21-9-8-19-4-2-3-5-24(19)27-21/h2-15H,16-17H2,1H3. The van der Waals surface area contributed by atoms with Crippen LogP contribution in [0, 0.1) is 0 Å². The highest BCUT2D eigenvalue weighted by atomic mass is 16.5. The second-order valence-corrected chi connectivity index (χ2v) is 7.15. The normalized spacial score (nSPS) is 11.1. The molecule has 5 nitrogen and oxygen atoms in total. The van der Waals surface area contributed by atoms with Crippen LogP contribution in [0.25, 0.3) is 21.8 Å². The summed E-state index contributed by atoms with van der Waals surface area (Å²) < 4.78 is 13.2. The van der Waals surface area contributed by atoms with Crippen LogP contribution < -0.4 is 9.47 Å². The Balaban J connectivity index is 1.26. The quantitative estimate of drug-likeness (QED) is 0.395. The molecule has 30 heavy (non-hydrogen) atoms. The summed E-state index contributed by atoms with van der Waals surface area (Å²) in [5, 5.41) is 6.71. The maximum Gasteiger partial charge on any atom is 0.130 e. The Morgan fingerprint density at radius 3 is 2.53 bits per heavy atom. The van der Waals surface area contributed by atoms with Gasteiger partial charge in [0.1, 0.15) is 18.1 Å². The molecule has 0 spiro atoms. The Kier molecular flexibility index (Phi) is 4.77. The minimum atomic E-state index is 0.440. The van der Waals surface area contributed by atoms with Crippen LogP contribution in [0.5, 0.6) is 11.5 Å². The van der Waals surface area contributed by atoms with Gasteiger partial charge in [-0.15, -0.1) is 0 Å². The van der Waals surface area contributed by atoms with Crippen LogP contribution >= 0.6 is 0 Å². The number of methoxy groups -OCH3 is 1. The number of ether oxygens (including phenoxy) is 2. The predicted molar refractivity (Wildman–Crippen MR) is 118 cm³/mol. The van der Waals surface area contributed by atoms with E-state index in [4.69, 9.17) is 9.47 Å². The van der Waals surface area contributed by atoms with Crippen molar-refractivity contribution in [2.24, 2.45) is 0 Å². The molecule has 0 aliphatic rings. The van der Waals surface area contributed by atoms with Gasteiger partial charge in [0.2, 0.25) is 0 Å². The molecular formula is C25H21N3O2. The van der Waals surface area contributed by atoms with Gasteiger partial charge in [-0.3, -0.25) is 4.68 Å². The Labute approximate surface area is 174 Å². The zero-order chi connectivity index (χ0) is 20.3. The molecule has 5 rings (SSSR count). The molecule has 5 heteroatoms. The lowest BCUT2D eigenvalue weighted by Crippen LogP contribution is -2.02. The number of aromatic nitrogens is 3. The summed E-state index contributed by atoms with van der Waals surface area (Å²) in [6, 6.07) is 26.3. The number of hydrogen-bond donors (Lipinski definition) is 0. The highest BCUT2D eigenvalue weighted by Gasteiger charge is 2.06. The fraction of sp³-hybridized carbons (Fsp3) is 0.120. The highest BCUT2D eigenvalue weighted by Crippen LogP contribution is 2.22. The van der Waals surface area contributed by atoms with Crippen molar-refractivity contribution in [3.05, 3.63) is 96.3 Å². The molecule has 0 amide bonds. The van der Waals surface area contributed by atoms with E-state index in [1.54, 1.807) is 7.11 Å². The van der Waals surface area contributed by atoms with Gasteiger partial charge < -0.3 is 9.47 Å². The van der Waals surface area contributed by atoms with Crippen LogP contribution in [0.1, 0.15) is 11.3 Å². The molecule has 0 atom stereocenters. The molecule has 0 saturated carbocycles. The minimum Gasteiger partial charge on any atom is -0.497 e. The van der Waals surface area contributed by atoms with Crippen molar-refractivity contribution in [2.75, 3.05) is 7.11 Å². The molecule has 0 aliphatic heterocycles. The third-order valence-electron chi connectivity index (χ3n) is 5.15. The lowest BCUT2D eigenvalue weighted by Gasteiger charge is -2.09. The molecule has 0 unspecified atom stereocenters. The molecule has 2 aromatic heterocycles. The Morgan fingerprint density at radius 2 is 1.67 bits per heavy atom. The van der Waals surface area contributed by atoms with Crippen molar-refractivity contribution >= 4 is 21.8 Å². The van der Waals surface area contributed by atoms with Crippen molar-refractivity contribution < 1.29 is 9.47 Å². The van der Waals surface area contributed by atoms with E-state index in [0.29, 0.717) is 13.2 Å². The number of pyridine rings is 1. The lowest BCUT2D eigenvalue weighted by atomic mass is 10.2. The monoisotopic (exact) mass is 395 g/mol. The van der Waals surface area contributed by atoms with Crippen molar-refractivity contribution in [3.8, 4) is 11.5 Å². The first-order valence-corrected chi connectivity index (χ1v) is 9.84. The maximum absolute atomic E-state index is 5.93. The second kappa shape index (κ2) is 7.87. The number of benzene rings is 3. The Bertz CT molecular complexity index is 1310. The number of nitrogens with zero attached hydrogens (tertiary/aromatic N) is 3. The molecule has 3 aromatic carbocycles. The fourth-order valence-corrected chi connectivity index (χ4v) is 3.53. The first-order valence-electron chi connectivity index (χ1n) is 9.84. The molecule has 5 aromatic rings. The zero-order valence-electron chi connectivity index (χ0n) is 16.7. The van der Waals surface area contributed by atoms with Crippen LogP contribution in [0.2, 0.25) is 0 Å². The van der Waals surface area contributed by atoms with Crippen LogP contribution in [0.3, 0.4) is 0 Å². The summed E-state index contributed by atoms with van der Waals surface area (Å²) in [6.45, 7) is 1.14. The largest absolute Gasteiger partial charge is 0.497 e. The molecule has 2 heterocycles. The molecule has 0 fully saturated rings. The van der Waals surface area contributed by atoms with Gasteiger partial charge in [-0.1, -0.05) is 36.4 Å². The summed E-state index contributed by atoms with van der Waals surface area (Å²) in [5.74, 6) is 1.66. The van der Waals surface area contributed by atoms with Crippen LogP contribution in [0.15, 0.2) is 85.1 Å². The average molecular weight is 395 g/mol. The zero-order valence-corrected chi connectivity index (χ0v) is 16.7. The van der Waals surface area contributed by atoms with E-state index in [1.807, 2.05) is 65.5 Å². The predicted octanol–water partition coefficient (Wildman–Crippen LogP) is 5.22. The molecule has 0 radical (unpaired) electrons. The topological polar surface area (TPSA) is 49.2 Å². The molecule has 148 valence electrons. The van der Waals surface area contributed by atoms with Gasteiger partial charge in [-0.25, -0.2) is 4.98 Å². The van der Waals surface area contributed by atoms with Crippen molar-refractivity contribution in [3.63, 3.8) is 0 Å². The van der Waals surface area contributed by atoms with Crippen molar-refractivity contribution in [2.45, 2.75) is 13.2 Å². The minimum absolute atomic E-state index is 0.440. The molecule has 0 aliphatic carbocycles. The van der Waals surface area contributed by atoms with E-state index < -0.39 is 0 Å². The van der Waals surface area contributed by atoms with Crippen LogP contribution in [0.4, 0.5) is 0 Å². The van der Waals surface area contributed by atoms with Gasteiger partial charge in [0.05, 0.1) is 36.6 Å². The first kappa shape index (κ1) is 18.2. The highest BCUT2D eigenvalue weighted by molar-refractivity contribution is 5.80. The van der Waals surface area contributed by atoms with Crippen LogP contribution in [-0.4, -0.2) is 21.9 Å². The average Bonchev–Trinajstić information content (AvgIpc) is 3.20. The first-order chi connectivity index (χ1) is 14.8. The van der Waals surface area contributed by atoms with E-state index in [1.165, 1.54) is 0 Å². The van der Waals surface area contributed by atoms with Crippen molar-refractivity contribution in [1.29, 1.82) is 0 Å². The van der Waals surface area contributed by atoms with E-state index in [2.05, 4.69) is 34.3 Å². The van der Waals surface area contributed by atoms with Gasteiger partial charge in [0.15, 0.2) is 0 Å². The third kappa shape index (κ3) is 3.70. The van der Waals surface area contributed by atoms with Crippen molar-refractivity contribution in [1.82, 2.24) is 14.8 Å². The van der Waals surface area contributed by atoms with E-state index in [0.717, 1.165) is 44.6 Å². The number of para-hydroxylation sites is 1. The van der Waals surface area contributed by atoms with Gasteiger partial charge >= 0.3 is 0 Å². The fourth-order valence-electron chi connectivity index (χ4n) is 3.53. The summed E-state index contributed by atoms with van der Waals surface area (Å²) in [7, 11) is 1.67. The SMILES string of the molecule is COc1ccc2c(cnn2Cc2ccc(OCc3ccc4ccccc4n3)cc2)c1. The summed E-state index contributed by atoms with van der Waals surface area (Å²) in [5.41, 5.74) is 4.14.